The minimum absolute atomic E-state index is 0.0134. The minimum atomic E-state index is 0.0134. The fraction of sp³-hybridized carbons (Fsp3) is 0.143. The molecule has 94 valence electrons. The van der Waals surface area contributed by atoms with Gasteiger partial charge in [0.1, 0.15) is 0 Å². The molecule has 0 aromatic heterocycles. The van der Waals surface area contributed by atoms with E-state index in [1.165, 1.54) is 0 Å². The highest BCUT2D eigenvalue weighted by Gasteiger charge is 2.01. The summed E-state index contributed by atoms with van der Waals surface area (Å²) in [6.45, 7) is 0.622. The molecule has 0 aliphatic heterocycles. The molecule has 0 fully saturated rings. The molecule has 2 aromatic carbocycles. The second-order valence-electron chi connectivity index (χ2n) is 3.95. The van der Waals surface area contributed by atoms with Crippen molar-refractivity contribution >= 4 is 28.9 Å². The van der Waals surface area contributed by atoms with Crippen LogP contribution in [0.2, 0.25) is 10.0 Å². The van der Waals surface area contributed by atoms with Gasteiger partial charge in [0.2, 0.25) is 0 Å². The van der Waals surface area contributed by atoms with Crippen molar-refractivity contribution in [3.8, 4) is 0 Å². The summed E-state index contributed by atoms with van der Waals surface area (Å²) in [6, 6.07) is 13.1. The Bertz CT molecular complexity index is 523. The molecule has 4 heteroatoms. The zero-order valence-corrected chi connectivity index (χ0v) is 11.2. The fourth-order valence-electron chi connectivity index (χ4n) is 1.74. The molecule has 2 nitrogen and oxygen atoms in total. The van der Waals surface area contributed by atoms with Crippen LogP contribution in [-0.2, 0) is 13.2 Å². The van der Waals surface area contributed by atoms with Gasteiger partial charge in [0.25, 0.3) is 0 Å². The summed E-state index contributed by atoms with van der Waals surface area (Å²) in [7, 11) is 0. The van der Waals surface area contributed by atoms with Crippen LogP contribution in [0.1, 0.15) is 11.1 Å². The third kappa shape index (κ3) is 3.39. The van der Waals surface area contributed by atoms with Gasteiger partial charge in [0.15, 0.2) is 0 Å². The van der Waals surface area contributed by atoms with Gasteiger partial charge in [-0.15, -0.1) is 0 Å². The standard InChI is InChI=1S/C14H13Cl2NO/c15-12-5-10(6-13(16)7-12)8-17-14-4-2-1-3-11(14)9-18/h1-7,17-18H,8-9H2. The van der Waals surface area contributed by atoms with Gasteiger partial charge >= 0.3 is 0 Å². The number of nitrogens with one attached hydrogen (secondary N) is 1. The number of aliphatic hydroxyl groups is 1. The monoisotopic (exact) mass is 281 g/mol. The third-order valence-corrected chi connectivity index (χ3v) is 3.03. The van der Waals surface area contributed by atoms with Crippen LogP contribution in [0.3, 0.4) is 0 Å². The van der Waals surface area contributed by atoms with Gasteiger partial charge in [-0.2, -0.15) is 0 Å². The van der Waals surface area contributed by atoms with E-state index in [0.717, 1.165) is 16.8 Å². The van der Waals surface area contributed by atoms with Crippen LogP contribution in [0, 0.1) is 0 Å². The number of aliphatic hydroxyl groups excluding tert-OH is 1. The Morgan fingerprint density at radius 2 is 1.67 bits per heavy atom. The number of rotatable bonds is 4. The predicted molar refractivity (Wildman–Crippen MR) is 76.2 cm³/mol. The summed E-state index contributed by atoms with van der Waals surface area (Å²) in [4.78, 5) is 0. The maximum absolute atomic E-state index is 9.22. The Labute approximate surface area is 116 Å². The molecule has 18 heavy (non-hydrogen) atoms. The fourth-order valence-corrected chi connectivity index (χ4v) is 2.31. The van der Waals surface area contributed by atoms with E-state index >= 15 is 0 Å². The predicted octanol–water partition coefficient (Wildman–Crippen LogP) is 4.10. The lowest BCUT2D eigenvalue weighted by molar-refractivity contribution is 0.282. The summed E-state index contributed by atoms with van der Waals surface area (Å²) in [5.41, 5.74) is 2.78. The molecular formula is C14H13Cl2NO. The van der Waals surface area contributed by atoms with Crippen LogP contribution in [0.15, 0.2) is 42.5 Å². The number of benzene rings is 2. The summed E-state index contributed by atoms with van der Waals surface area (Å²) in [5, 5.41) is 13.7. The van der Waals surface area contributed by atoms with Crippen molar-refractivity contribution in [2.24, 2.45) is 0 Å². The molecule has 0 spiro atoms. The molecule has 0 saturated heterocycles. The molecule has 0 aliphatic rings. The molecule has 0 heterocycles. The molecule has 2 rings (SSSR count). The average Bonchev–Trinajstić information content (AvgIpc) is 2.35. The van der Waals surface area contributed by atoms with Crippen LogP contribution in [-0.4, -0.2) is 5.11 Å². The van der Waals surface area contributed by atoms with E-state index < -0.39 is 0 Å². The molecule has 0 atom stereocenters. The zero-order chi connectivity index (χ0) is 13.0. The van der Waals surface area contributed by atoms with Crippen LogP contribution < -0.4 is 5.32 Å². The largest absolute Gasteiger partial charge is 0.392 e. The molecule has 0 bridgehead atoms. The lowest BCUT2D eigenvalue weighted by Gasteiger charge is -2.11. The maximum atomic E-state index is 9.22. The number of hydrogen-bond acceptors (Lipinski definition) is 2. The Morgan fingerprint density at radius 1 is 1.00 bits per heavy atom. The Kier molecular flexibility index (Phi) is 4.48. The zero-order valence-electron chi connectivity index (χ0n) is 9.66. The van der Waals surface area contributed by atoms with Crippen LogP contribution in [0.4, 0.5) is 5.69 Å². The van der Waals surface area contributed by atoms with Crippen molar-refractivity contribution in [1.29, 1.82) is 0 Å². The average molecular weight is 282 g/mol. The maximum Gasteiger partial charge on any atom is 0.0701 e. The highest BCUT2D eigenvalue weighted by molar-refractivity contribution is 6.34. The first kappa shape index (κ1) is 13.2. The van der Waals surface area contributed by atoms with Crippen molar-refractivity contribution < 1.29 is 5.11 Å². The van der Waals surface area contributed by atoms with Crippen molar-refractivity contribution in [3.05, 3.63) is 63.6 Å². The summed E-state index contributed by atoms with van der Waals surface area (Å²) in [6.07, 6.45) is 0. The molecular weight excluding hydrogens is 269 g/mol. The van der Waals surface area contributed by atoms with Crippen LogP contribution >= 0.6 is 23.2 Å². The summed E-state index contributed by atoms with van der Waals surface area (Å²) < 4.78 is 0. The number of para-hydroxylation sites is 1. The van der Waals surface area contributed by atoms with Crippen molar-refractivity contribution in [3.63, 3.8) is 0 Å². The van der Waals surface area contributed by atoms with E-state index in [9.17, 15) is 5.11 Å². The Hall–Kier alpha value is -1.22. The lowest BCUT2D eigenvalue weighted by Crippen LogP contribution is -2.02. The first-order valence-corrected chi connectivity index (χ1v) is 6.32. The smallest absolute Gasteiger partial charge is 0.0701 e. The first-order valence-electron chi connectivity index (χ1n) is 5.56. The molecule has 2 aromatic rings. The van der Waals surface area contributed by atoms with Gasteiger partial charge in [0.05, 0.1) is 6.61 Å². The van der Waals surface area contributed by atoms with Crippen molar-refractivity contribution in [1.82, 2.24) is 0 Å². The topological polar surface area (TPSA) is 32.3 Å². The lowest BCUT2D eigenvalue weighted by atomic mass is 10.1. The minimum Gasteiger partial charge on any atom is -0.392 e. The van der Waals surface area contributed by atoms with E-state index in [-0.39, 0.29) is 6.61 Å². The Morgan fingerprint density at radius 3 is 2.33 bits per heavy atom. The molecule has 2 N–H and O–H groups in total. The summed E-state index contributed by atoms with van der Waals surface area (Å²) >= 11 is 11.9. The normalized spacial score (nSPS) is 10.4. The van der Waals surface area contributed by atoms with Crippen molar-refractivity contribution in [2.75, 3.05) is 5.32 Å². The van der Waals surface area contributed by atoms with Gasteiger partial charge in [-0.05, 0) is 29.8 Å². The van der Waals surface area contributed by atoms with Gasteiger partial charge in [0, 0.05) is 27.8 Å². The second-order valence-corrected chi connectivity index (χ2v) is 4.82. The van der Waals surface area contributed by atoms with E-state index in [1.807, 2.05) is 36.4 Å². The van der Waals surface area contributed by atoms with E-state index in [4.69, 9.17) is 23.2 Å². The SMILES string of the molecule is OCc1ccccc1NCc1cc(Cl)cc(Cl)c1. The van der Waals surface area contributed by atoms with E-state index in [2.05, 4.69) is 5.32 Å². The van der Waals surface area contributed by atoms with Crippen LogP contribution in [0.25, 0.3) is 0 Å². The number of halogens is 2. The Balaban J connectivity index is 2.11. The van der Waals surface area contributed by atoms with Gasteiger partial charge in [-0.25, -0.2) is 0 Å². The first-order chi connectivity index (χ1) is 8.69. The molecule has 0 unspecified atom stereocenters. The molecule has 0 aliphatic carbocycles. The summed E-state index contributed by atoms with van der Waals surface area (Å²) in [5.74, 6) is 0. The van der Waals surface area contributed by atoms with E-state index in [1.54, 1.807) is 6.07 Å². The third-order valence-electron chi connectivity index (χ3n) is 2.59. The highest BCUT2D eigenvalue weighted by atomic mass is 35.5. The number of hydrogen-bond donors (Lipinski definition) is 2. The van der Waals surface area contributed by atoms with Gasteiger partial charge in [-0.3, -0.25) is 0 Å². The van der Waals surface area contributed by atoms with Gasteiger partial charge in [-0.1, -0.05) is 41.4 Å². The van der Waals surface area contributed by atoms with Crippen LogP contribution in [0.5, 0.6) is 0 Å². The number of anilines is 1. The molecule has 0 amide bonds. The van der Waals surface area contributed by atoms with Gasteiger partial charge < -0.3 is 10.4 Å². The molecule has 0 saturated carbocycles. The molecule has 0 radical (unpaired) electrons. The van der Waals surface area contributed by atoms with E-state index in [0.29, 0.717) is 16.6 Å². The van der Waals surface area contributed by atoms with Crippen molar-refractivity contribution in [2.45, 2.75) is 13.2 Å². The quantitative estimate of drug-likeness (QED) is 0.885. The second kappa shape index (κ2) is 6.10. The highest BCUT2D eigenvalue weighted by Crippen LogP contribution is 2.21.